The minimum absolute atomic E-state index is 0.0631. The zero-order valence-corrected chi connectivity index (χ0v) is 9.97. The van der Waals surface area contributed by atoms with Crippen molar-refractivity contribution in [3.05, 3.63) is 53.7 Å². The number of rotatable bonds is 3. The van der Waals surface area contributed by atoms with Crippen molar-refractivity contribution in [2.45, 2.75) is 9.92 Å². The van der Waals surface area contributed by atoms with E-state index in [4.69, 9.17) is 11.1 Å². The first-order chi connectivity index (χ1) is 8.56. The summed E-state index contributed by atoms with van der Waals surface area (Å²) in [7, 11) is 0. The van der Waals surface area contributed by atoms with Crippen LogP contribution in [0.15, 0.2) is 46.5 Å². The van der Waals surface area contributed by atoms with Gasteiger partial charge in [0, 0.05) is 16.7 Å². The van der Waals surface area contributed by atoms with Gasteiger partial charge in [-0.15, -0.1) is 0 Å². The number of nitrogens with two attached hydrogens (primary N) is 1. The minimum atomic E-state index is -0.889. The Bertz CT molecular complexity index is 584. The third-order valence-corrected chi connectivity index (χ3v) is 3.10. The number of amidine groups is 1. The summed E-state index contributed by atoms with van der Waals surface area (Å²) in [6.07, 6.45) is 1.46. The van der Waals surface area contributed by atoms with Crippen LogP contribution in [0.2, 0.25) is 0 Å². The molecule has 0 saturated carbocycles. The second kappa shape index (κ2) is 5.14. The van der Waals surface area contributed by atoms with E-state index < -0.39 is 11.6 Å². The number of nitrogens with one attached hydrogen (secondary N) is 1. The molecule has 1 aromatic heterocycles. The summed E-state index contributed by atoms with van der Waals surface area (Å²) in [6, 6.07) is 6.98. The SMILES string of the molecule is N=C(N)c1ccc(Sc2ccc(F)c(F)c2)nc1. The van der Waals surface area contributed by atoms with E-state index in [-0.39, 0.29) is 5.84 Å². The molecule has 0 bridgehead atoms. The lowest BCUT2D eigenvalue weighted by molar-refractivity contribution is 0.506. The van der Waals surface area contributed by atoms with Crippen LogP contribution in [0, 0.1) is 17.0 Å². The normalized spacial score (nSPS) is 10.3. The van der Waals surface area contributed by atoms with Gasteiger partial charge in [0.15, 0.2) is 11.6 Å². The Morgan fingerprint density at radius 2 is 1.94 bits per heavy atom. The van der Waals surface area contributed by atoms with Gasteiger partial charge in [0.1, 0.15) is 10.9 Å². The van der Waals surface area contributed by atoms with E-state index in [9.17, 15) is 8.78 Å². The van der Waals surface area contributed by atoms with Crippen LogP contribution in [0.1, 0.15) is 5.56 Å². The van der Waals surface area contributed by atoms with E-state index in [0.29, 0.717) is 15.5 Å². The fourth-order valence-corrected chi connectivity index (χ4v) is 2.04. The van der Waals surface area contributed by atoms with Gasteiger partial charge in [0.25, 0.3) is 0 Å². The van der Waals surface area contributed by atoms with Crippen molar-refractivity contribution in [1.82, 2.24) is 4.98 Å². The van der Waals surface area contributed by atoms with E-state index >= 15 is 0 Å². The molecule has 0 radical (unpaired) electrons. The molecule has 3 N–H and O–H groups in total. The number of nitrogen functional groups attached to an aromatic ring is 1. The number of nitrogens with zero attached hydrogens (tertiary/aromatic N) is 1. The molecule has 0 amide bonds. The first kappa shape index (κ1) is 12.5. The van der Waals surface area contributed by atoms with E-state index in [1.54, 1.807) is 12.1 Å². The van der Waals surface area contributed by atoms with Crippen LogP contribution >= 0.6 is 11.8 Å². The van der Waals surface area contributed by atoms with E-state index in [1.807, 2.05) is 0 Å². The highest BCUT2D eigenvalue weighted by Gasteiger charge is 2.05. The molecule has 0 spiro atoms. The second-order valence-electron chi connectivity index (χ2n) is 3.48. The minimum Gasteiger partial charge on any atom is -0.384 e. The largest absolute Gasteiger partial charge is 0.384 e. The molecule has 0 unspecified atom stereocenters. The standard InChI is InChI=1S/C12H9F2N3S/c13-9-3-2-8(5-10(9)14)18-11-4-1-7(6-17-11)12(15)16/h1-6H,(H3,15,16). The average molecular weight is 265 g/mol. The Hall–Kier alpha value is -1.95. The van der Waals surface area contributed by atoms with Crippen molar-refractivity contribution in [3.63, 3.8) is 0 Å². The molecule has 0 fully saturated rings. The van der Waals surface area contributed by atoms with Crippen LogP contribution in [-0.4, -0.2) is 10.8 Å². The summed E-state index contributed by atoms with van der Waals surface area (Å²) in [5.41, 5.74) is 5.82. The van der Waals surface area contributed by atoms with Crippen molar-refractivity contribution in [1.29, 1.82) is 5.41 Å². The van der Waals surface area contributed by atoms with Crippen molar-refractivity contribution < 1.29 is 8.78 Å². The Morgan fingerprint density at radius 3 is 2.50 bits per heavy atom. The Labute approximate surface area is 107 Å². The summed E-state index contributed by atoms with van der Waals surface area (Å²) in [5.74, 6) is -1.83. The molecule has 92 valence electrons. The highest BCUT2D eigenvalue weighted by molar-refractivity contribution is 7.99. The highest BCUT2D eigenvalue weighted by Crippen LogP contribution is 2.27. The molecule has 2 aromatic rings. The molecule has 0 atom stereocenters. The molecule has 0 aliphatic rings. The predicted octanol–water partition coefficient (Wildman–Crippen LogP) is 2.80. The lowest BCUT2D eigenvalue weighted by Crippen LogP contribution is -2.10. The molecule has 1 aromatic carbocycles. The van der Waals surface area contributed by atoms with Gasteiger partial charge in [-0.2, -0.15) is 0 Å². The van der Waals surface area contributed by atoms with Gasteiger partial charge in [-0.25, -0.2) is 13.8 Å². The van der Waals surface area contributed by atoms with Crippen molar-refractivity contribution in [2.75, 3.05) is 0 Å². The maximum Gasteiger partial charge on any atom is 0.159 e. The van der Waals surface area contributed by atoms with Gasteiger partial charge in [-0.1, -0.05) is 11.8 Å². The molecule has 1 heterocycles. The molecule has 0 aliphatic heterocycles. The van der Waals surface area contributed by atoms with E-state index in [0.717, 1.165) is 12.1 Å². The average Bonchev–Trinajstić information content (AvgIpc) is 2.34. The number of hydrogen-bond donors (Lipinski definition) is 2. The van der Waals surface area contributed by atoms with Crippen LogP contribution < -0.4 is 5.73 Å². The number of benzene rings is 1. The van der Waals surface area contributed by atoms with Gasteiger partial charge in [0.05, 0.1) is 0 Å². The van der Waals surface area contributed by atoms with Crippen LogP contribution in [0.3, 0.4) is 0 Å². The third kappa shape index (κ3) is 2.84. The van der Waals surface area contributed by atoms with Gasteiger partial charge in [0.2, 0.25) is 0 Å². The Kier molecular flexibility index (Phi) is 3.57. The summed E-state index contributed by atoms with van der Waals surface area (Å²) in [5, 5.41) is 7.84. The Balaban J connectivity index is 2.18. The second-order valence-corrected chi connectivity index (χ2v) is 4.57. The summed E-state index contributed by atoms with van der Waals surface area (Å²) >= 11 is 1.20. The molecular formula is C12H9F2N3S. The molecule has 0 aliphatic carbocycles. The van der Waals surface area contributed by atoms with E-state index in [1.165, 1.54) is 24.0 Å². The summed E-state index contributed by atoms with van der Waals surface area (Å²) in [4.78, 5) is 4.63. The monoisotopic (exact) mass is 265 g/mol. The molecule has 18 heavy (non-hydrogen) atoms. The van der Waals surface area contributed by atoms with Gasteiger partial charge in [-0.05, 0) is 30.3 Å². The molecule has 0 saturated heterocycles. The predicted molar refractivity (Wildman–Crippen MR) is 65.7 cm³/mol. The lowest BCUT2D eigenvalue weighted by Gasteiger charge is -2.03. The lowest BCUT2D eigenvalue weighted by atomic mass is 10.3. The first-order valence-electron chi connectivity index (χ1n) is 4.99. The number of hydrogen-bond acceptors (Lipinski definition) is 3. The van der Waals surface area contributed by atoms with Crippen LogP contribution in [0.4, 0.5) is 8.78 Å². The van der Waals surface area contributed by atoms with Gasteiger partial charge < -0.3 is 5.73 Å². The smallest absolute Gasteiger partial charge is 0.159 e. The summed E-state index contributed by atoms with van der Waals surface area (Å²) in [6.45, 7) is 0. The maximum atomic E-state index is 13.0. The fourth-order valence-electron chi connectivity index (χ4n) is 1.26. The number of halogens is 2. The molecule has 2 rings (SSSR count). The van der Waals surface area contributed by atoms with Crippen molar-refractivity contribution in [3.8, 4) is 0 Å². The molecule has 3 nitrogen and oxygen atoms in total. The first-order valence-corrected chi connectivity index (χ1v) is 5.81. The van der Waals surface area contributed by atoms with Crippen LogP contribution in [0.5, 0.6) is 0 Å². The topological polar surface area (TPSA) is 62.8 Å². The zero-order chi connectivity index (χ0) is 13.1. The molecule has 6 heteroatoms. The molecular weight excluding hydrogens is 256 g/mol. The van der Waals surface area contributed by atoms with Crippen molar-refractivity contribution >= 4 is 17.6 Å². The van der Waals surface area contributed by atoms with Gasteiger partial charge >= 0.3 is 0 Å². The number of aromatic nitrogens is 1. The quantitative estimate of drug-likeness (QED) is 0.662. The fraction of sp³-hybridized carbons (Fsp3) is 0. The van der Waals surface area contributed by atoms with Crippen LogP contribution in [-0.2, 0) is 0 Å². The number of pyridine rings is 1. The van der Waals surface area contributed by atoms with Crippen molar-refractivity contribution in [2.24, 2.45) is 5.73 Å². The van der Waals surface area contributed by atoms with E-state index in [2.05, 4.69) is 4.98 Å². The van der Waals surface area contributed by atoms with Gasteiger partial charge in [-0.3, -0.25) is 5.41 Å². The Morgan fingerprint density at radius 1 is 1.17 bits per heavy atom. The highest BCUT2D eigenvalue weighted by atomic mass is 32.2. The van der Waals surface area contributed by atoms with Crippen LogP contribution in [0.25, 0.3) is 0 Å². The third-order valence-electron chi connectivity index (χ3n) is 2.16. The zero-order valence-electron chi connectivity index (χ0n) is 9.15. The summed E-state index contributed by atoms with van der Waals surface area (Å²) < 4.78 is 25.7. The maximum absolute atomic E-state index is 13.0.